The molecule has 1 fully saturated rings. The number of aromatic nitrogens is 2. The third kappa shape index (κ3) is 3.75. The van der Waals surface area contributed by atoms with Crippen LogP contribution in [0.4, 0.5) is 11.6 Å². The van der Waals surface area contributed by atoms with Crippen molar-refractivity contribution in [2.45, 2.75) is 45.1 Å². The number of anilines is 2. The Labute approximate surface area is 132 Å². The molecule has 4 heteroatoms. The van der Waals surface area contributed by atoms with Crippen molar-refractivity contribution in [3.63, 3.8) is 0 Å². The number of nitrogens with zero attached hydrogens (tertiary/aromatic N) is 2. The fraction of sp³-hybridized carbons (Fsp3) is 0.444. The number of rotatable bonds is 6. The van der Waals surface area contributed by atoms with Gasteiger partial charge in [-0.15, -0.1) is 0 Å². The van der Waals surface area contributed by atoms with E-state index in [-0.39, 0.29) is 0 Å². The Morgan fingerprint density at radius 2 is 1.77 bits per heavy atom. The van der Waals surface area contributed by atoms with Crippen LogP contribution in [0.2, 0.25) is 0 Å². The third-order valence-corrected chi connectivity index (χ3v) is 4.02. The van der Waals surface area contributed by atoms with E-state index in [0.29, 0.717) is 6.04 Å². The SMILES string of the molecule is CCCNc1cc(NC2CCCC2)nc(-c2ccccc2)n1. The standard InChI is InChI=1S/C18H24N4/c1-2-12-19-16-13-17(20-15-10-6-7-11-15)22-18(21-16)14-8-4-3-5-9-14/h3-5,8-9,13,15H,2,6-7,10-12H2,1H3,(H2,19,20,21,22). The first-order chi connectivity index (χ1) is 10.8. The van der Waals surface area contributed by atoms with Gasteiger partial charge >= 0.3 is 0 Å². The zero-order valence-electron chi connectivity index (χ0n) is 13.2. The van der Waals surface area contributed by atoms with E-state index in [1.54, 1.807) is 0 Å². The molecule has 3 rings (SSSR count). The maximum absolute atomic E-state index is 4.71. The summed E-state index contributed by atoms with van der Waals surface area (Å²) in [5, 5.41) is 6.96. The lowest BCUT2D eigenvalue weighted by Crippen LogP contribution is -2.16. The van der Waals surface area contributed by atoms with E-state index in [4.69, 9.17) is 4.98 Å². The molecule has 22 heavy (non-hydrogen) atoms. The highest BCUT2D eigenvalue weighted by Crippen LogP contribution is 2.24. The third-order valence-electron chi connectivity index (χ3n) is 4.02. The zero-order valence-corrected chi connectivity index (χ0v) is 13.2. The zero-order chi connectivity index (χ0) is 15.2. The van der Waals surface area contributed by atoms with Gasteiger partial charge in [-0.2, -0.15) is 0 Å². The summed E-state index contributed by atoms with van der Waals surface area (Å²) >= 11 is 0. The highest BCUT2D eigenvalue weighted by molar-refractivity contribution is 5.61. The molecule has 0 spiro atoms. The number of nitrogens with one attached hydrogen (secondary N) is 2. The Bertz CT molecular complexity index is 591. The van der Waals surface area contributed by atoms with Crippen LogP contribution in [0.3, 0.4) is 0 Å². The van der Waals surface area contributed by atoms with Gasteiger partial charge in [-0.25, -0.2) is 9.97 Å². The van der Waals surface area contributed by atoms with Crippen LogP contribution >= 0.6 is 0 Å². The molecule has 2 aromatic rings. The van der Waals surface area contributed by atoms with Crippen LogP contribution in [0.5, 0.6) is 0 Å². The van der Waals surface area contributed by atoms with Gasteiger partial charge in [0.2, 0.25) is 0 Å². The number of hydrogen-bond donors (Lipinski definition) is 2. The molecule has 0 radical (unpaired) electrons. The molecule has 1 aliphatic carbocycles. The van der Waals surface area contributed by atoms with Crippen LogP contribution in [-0.2, 0) is 0 Å². The highest BCUT2D eigenvalue weighted by Gasteiger charge is 2.16. The van der Waals surface area contributed by atoms with Crippen LogP contribution in [-0.4, -0.2) is 22.6 Å². The van der Waals surface area contributed by atoms with E-state index >= 15 is 0 Å². The van der Waals surface area contributed by atoms with Gasteiger partial charge < -0.3 is 10.6 Å². The summed E-state index contributed by atoms with van der Waals surface area (Å²) in [6, 6.07) is 12.7. The largest absolute Gasteiger partial charge is 0.370 e. The lowest BCUT2D eigenvalue weighted by molar-refractivity contribution is 0.750. The summed E-state index contributed by atoms with van der Waals surface area (Å²) in [6.07, 6.45) is 6.19. The molecular weight excluding hydrogens is 272 g/mol. The maximum atomic E-state index is 4.71. The van der Waals surface area contributed by atoms with Gasteiger partial charge in [0.25, 0.3) is 0 Å². The fourth-order valence-corrected chi connectivity index (χ4v) is 2.86. The molecule has 0 aliphatic heterocycles. The lowest BCUT2D eigenvalue weighted by Gasteiger charge is -2.15. The summed E-state index contributed by atoms with van der Waals surface area (Å²) in [6.45, 7) is 3.08. The van der Waals surface area contributed by atoms with Crippen LogP contribution in [0.15, 0.2) is 36.4 Å². The Morgan fingerprint density at radius 1 is 1.05 bits per heavy atom. The first-order valence-electron chi connectivity index (χ1n) is 8.30. The Hall–Kier alpha value is -2.10. The van der Waals surface area contributed by atoms with Crippen LogP contribution in [0, 0.1) is 0 Å². The van der Waals surface area contributed by atoms with Gasteiger partial charge in [-0.05, 0) is 19.3 Å². The van der Waals surface area contributed by atoms with E-state index in [2.05, 4.69) is 34.7 Å². The number of benzene rings is 1. The van der Waals surface area contributed by atoms with Crippen molar-refractivity contribution in [3.8, 4) is 11.4 Å². The molecule has 1 aromatic heterocycles. The van der Waals surface area contributed by atoms with E-state index in [0.717, 1.165) is 36.0 Å². The van der Waals surface area contributed by atoms with Crippen LogP contribution < -0.4 is 10.6 Å². The predicted molar refractivity (Wildman–Crippen MR) is 92.1 cm³/mol. The van der Waals surface area contributed by atoms with Crippen molar-refractivity contribution in [1.82, 2.24) is 9.97 Å². The fourth-order valence-electron chi connectivity index (χ4n) is 2.86. The van der Waals surface area contributed by atoms with Gasteiger partial charge in [0.1, 0.15) is 11.6 Å². The van der Waals surface area contributed by atoms with E-state index < -0.39 is 0 Å². The minimum Gasteiger partial charge on any atom is -0.370 e. The van der Waals surface area contributed by atoms with Gasteiger partial charge in [0.05, 0.1) is 0 Å². The minimum absolute atomic E-state index is 0.553. The van der Waals surface area contributed by atoms with Gasteiger partial charge in [-0.1, -0.05) is 50.1 Å². The molecule has 0 bridgehead atoms. The molecule has 1 saturated carbocycles. The van der Waals surface area contributed by atoms with Gasteiger partial charge in [0, 0.05) is 24.2 Å². The summed E-state index contributed by atoms with van der Waals surface area (Å²) in [7, 11) is 0. The van der Waals surface area contributed by atoms with Crippen molar-refractivity contribution >= 4 is 11.6 Å². The summed E-state index contributed by atoms with van der Waals surface area (Å²) in [4.78, 5) is 9.37. The molecule has 1 aliphatic rings. The monoisotopic (exact) mass is 296 g/mol. The smallest absolute Gasteiger partial charge is 0.163 e. The molecule has 0 atom stereocenters. The van der Waals surface area contributed by atoms with Gasteiger partial charge in [-0.3, -0.25) is 0 Å². The normalized spacial score (nSPS) is 15.0. The Morgan fingerprint density at radius 3 is 2.50 bits per heavy atom. The summed E-state index contributed by atoms with van der Waals surface area (Å²) < 4.78 is 0. The average molecular weight is 296 g/mol. The van der Waals surface area contributed by atoms with Crippen molar-refractivity contribution in [1.29, 1.82) is 0 Å². The van der Waals surface area contributed by atoms with Gasteiger partial charge in [0.15, 0.2) is 5.82 Å². The topological polar surface area (TPSA) is 49.8 Å². The van der Waals surface area contributed by atoms with Crippen LogP contribution in [0.25, 0.3) is 11.4 Å². The second-order valence-electron chi connectivity index (χ2n) is 5.88. The second-order valence-corrected chi connectivity index (χ2v) is 5.88. The molecule has 0 amide bonds. The summed E-state index contributed by atoms with van der Waals surface area (Å²) in [5.74, 6) is 2.61. The first kappa shape index (κ1) is 14.8. The van der Waals surface area contributed by atoms with Crippen LogP contribution in [0.1, 0.15) is 39.0 Å². The van der Waals surface area contributed by atoms with Crippen molar-refractivity contribution in [2.75, 3.05) is 17.2 Å². The second kappa shape index (κ2) is 7.25. The van der Waals surface area contributed by atoms with E-state index in [1.807, 2.05) is 24.3 Å². The molecule has 116 valence electrons. The lowest BCUT2D eigenvalue weighted by atomic mass is 10.2. The highest BCUT2D eigenvalue weighted by atomic mass is 15.1. The average Bonchev–Trinajstić information content (AvgIpc) is 3.06. The molecule has 1 aromatic carbocycles. The minimum atomic E-state index is 0.553. The Kier molecular flexibility index (Phi) is 4.88. The molecule has 1 heterocycles. The number of hydrogen-bond acceptors (Lipinski definition) is 4. The van der Waals surface area contributed by atoms with E-state index in [1.165, 1.54) is 25.7 Å². The predicted octanol–water partition coefficient (Wildman–Crippen LogP) is 4.32. The molecule has 0 unspecified atom stereocenters. The van der Waals surface area contributed by atoms with Crippen molar-refractivity contribution < 1.29 is 0 Å². The van der Waals surface area contributed by atoms with E-state index in [9.17, 15) is 0 Å². The van der Waals surface area contributed by atoms with Crippen molar-refractivity contribution in [2.24, 2.45) is 0 Å². The Balaban J connectivity index is 1.87. The van der Waals surface area contributed by atoms with Crippen molar-refractivity contribution in [3.05, 3.63) is 36.4 Å². The molecule has 0 saturated heterocycles. The quantitative estimate of drug-likeness (QED) is 0.833. The first-order valence-corrected chi connectivity index (χ1v) is 8.30. The molecular formula is C18H24N4. The molecule has 2 N–H and O–H groups in total. The maximum Gasteiger partial charge on any atom is 0.163 e. The summed E-state index contributed by atoms with van der Waals surface area (Å²) in [5.41, 5.74) is 1.05. The molecule has 4 nitrogen and oxygen atoms in total.